The summed E-state index contributed by atoms with van der Waals surface area (Å²) >= 11 is 0. The molecule has 1 unspecified atom stereocenters. The normalized spacial score (nSPS) is 13.0. The number of nitrogens with zero attached hydrogens (tertiary/aromatic N) is 7. The molecule has 162 valence electrons. The van der Waals surface area contributed by atoms with Gasteiger partial charge in [0, 0.05) is 12.7 Å². The molecule has 0 N–H and O–H groups in total. The van der Waals surface area contributed by atoms with Crippen molar-refractivity contribution in [2.75, 3.05) is 11.9 Å². The number of para-hydroxylation sites is 2. The highest BCUT2D eigenvalue weighted by molar-refractivity contribution is 5.77. The van der Waals surface area contributed by atoms with Gasteiger partial charge in [-0.05, 0) is 48.9 Å². The molecule has 32 heavy (non-hydrogen) atoms. The maximum atomic E-state index is 13.2. The summed E-state index contributed by atoms with van der Waals surface area (Å²) in [6, 6.07) is 18.8. The van der Waals surface area contributed by atoms with E-state index in [0.29, 0.717) is 5.82 Å². The van der Waals surface area contributed by atoms with Crippen LogP contribution >= 0.6 is 0 Å². The number of anilines is 1. The molecule has 0 bridgehead atoms. The van der Waals surface area contributed by atoms with Crippen molar-refractivity contribution in [3.05, 3.63) is 78.4 Å². The Morgan fingerprint density at radius 2 is 1.69 bits per heavy atom. The Balaban J connectivity index is 1.43. The van der Waals surface area contributed by atoms with Gasteiger partial charge in [0.1, 0.15) is 12.1 Å². The minimum atomic E-state index is -4.64. The first kappa shape index (κ1) is 20.0. The average molecular weight is 437 g/mol. The van der Waals surface area contributed by atoms with E-state index in [1.54, 1.807) is 24.3 Å². The van der Waals surface area contributed by atoms with E-state index in [1.807, 2.05) is 60.0 Å². The monoisotopic (exact) mass is 437 g/mol. The molecular weight excluding hydrogens is 419 g/mol. The smallest absolute Gasteiger partial charge is 0.351 e. The molecule has 0 saturated heterocycles. The summed E-state index contributed by atoms with van der Waals surface area (Å²) in [5.41, 5.74) is 3.92. The van der Waals surface area contributed by atoms with E-state index in [-0.39, 0.29) is 11.7 Å². The molecule has 5 rings (SSSR count). The highest BCUT2D eigenvalue weighted by Gasteiger charge is 2.37. The van der Waals surface area contributed by atoms with Gasteiger partial charge in [-0.25, -0.2) is 4.98 Å². The second-order valence-corrected chi connectivity index (χ2v) is 7.46. The minimum Gasteiger partial charge on any atom is -0.351 e. The number of aromatic nitrogens is 6. The molecule has 0 amide bonds. The summed E-state index contributed by atoms with van der Waals surface area (Å²) < 4.78 is 42.3. The molecule has 0 spiro atoms. The summed E-state index contributed by atoms with van der Waals surface area (Å²) in [4.78, 5) is 6.23. The Morgan fingerprint density at radius 1 is 0.938 bits per heavy atom. The van der Waals surface area contributed by atoms with E-state index in [2.05, 4.69) is 20.3 Å². The van der Waals surface area contributed by atoms with Gasteiger partial charge in [-0.1, -0.05) is 24.3 Å². The lowest BCUT2D eigenvalue weighted by Crippen LogP contribution is -2.24. The van der Waals surface area contributed by atoms with Gasteiger partial charge in [-0.2, -0.15) is 17.7 Å². The van der Waals surface area contributed by atoms with Crippen LogP contribution in [0.1, 0.15) is 24.4 Å². The minimum absolute atomic E-state index is 0.0408. The summed E-state index contributed by atoms with van der Waals surface area (Å²) in [5, 5.41) is 10.9. The molecule has 7 nitrogen and oxygen atoms in total. The molecular formula is C22H18F3N7. The van der Waals surface area contributed by atoms with Crippen LogP contribution in [0, 0.1) is 0 Å². The lowest BCUT2D eigenvalue weighted by Gasteiger charge is -2.26. The molecule has 10 heteroatoms. The standard InChI is InChI=1S/C22H18F3N7/c1-14(30(2)20-12-11-19-27-28-21(22(23,24)25)32(19)29-20)15-7-9-16(10-8-15)31-13-26-17-5-3-4-6-18(17)31/h3-14H,1-2H3. The van der Waals surface area contributed by atoms with Gasteiger partial charge in [0.2, 0.25) is 0 Å². The Morgan fingerprint density at radius 3 is 2.44 bits per heavy atom. The third-order valence-corrected chi connectivity index (χ3v) is 5.55. The fourth-order valence-corrected chi connectivity index (χ4v) is 3.64. The predicted molar refractivity (Wildman–Crippen MR) is 114 cm³/mol. The Bertz CT molecular complexity index is 1400. The number of alkyl halides is 3. The van der Waals surface area contributed by atoms with Crippen LogP contribution in [0.3, 0.4) is 0 Å². The van der Waals surface area contributed by atoms with E-state index in [4.69, 9.17) is 0 Å². The maximum Gasteiger partial charge on any atom is 0.453 e. The van der Waals surface area contributed by atoms with Crippen molar-refractivity contribution in [2.45, 2.75) is 19.1 Å². The Hall–Kier alpha value is -3.95. The highest BCUT2D eigenvalue weighted by Crippen LogP contribution is 2.29. The zero-order valence-electron chi connectivity index (χ0n) is 17.2. The summed E-state index contributed by atoms with van der Waals surface area (Å²) in [5.74, 6) is -0.771. The summed E-state index contributed by atoms with van der Waals surface area (Å²) in [6.07, 6.45) is -2.85. The predicted octanol–water partition coefficient (Wildman–Crippen LogP) is 4.68. The molecule has 0 fully saturated rings. The van der Waals surface area contributed by atoms with Gasteiger partial charge in [0.15, 0.2) is 5.65 Å². The van der Waals surface area contributed by atoms with Crippen LogP contribution in [-0.4, -0.2) is 36.4 Å². The van der Waals surface area contributed by atoms with E-state index in [9.17, 15) is 13.2 Å². The Kier molecular flexibility index (Phi) is 4.58. The molecule has 3 heterocycles. The van der Waals surface area contributed by atoms with E-state index < -0.39 is 12.0 Å². The number of rotatable bonds is 4. The van der Waals surface area contributed by atoms with Gasteiger partial charge >= 0.3 is 6.18 Å². The van der Waals surface area contributed by atoms with Crippen LogP contribution in [0.5, 0.6) is 0 Å². The second-order valence-electron chi connectivity index (χ2n) is 7.46. The van der Waals surface area contributed by atoms with Crippen molar-refractivity contribution < 1.29 is 13.2 Å². The lowest BCUT2D eigenvalue weighted by atomic mass is 10.1. The fourth-order valence-electron chi connectivity index (χ4n) is 3.64. The molecule has 0 aliphatic carbocycles. The van der Waals surface area contributed by atoms with Crippen molar-refractivity contribution >= 4 is 22.5 Å². The van der Waals surface area contributed by atoms with Crippen LogP contribution in [0.2, 0.25) is 0 Å². The molecule has 0 saturated carbocycles. The number of hydrogen-bond donors (Lipinski definition) is 0. The van der Waals surface area contributed by atoms with Crippen LogP contribution in [0.15, 0.2) is 67.0 Å². The van der Waals surface area contributed by atoms with Crippen molar-refractivity contribution in [1.82, 2.24) is 29.4 Å². The summed E-state index contributed by atoms with van der Waals surface area (Å²) in [6.45, 7) is 1.96. The SMILES string of the molecule is CC(c1ccc(-n2cnc3ccccc32)cc1)N(C)c1ccc2nnc(C(F)(F)F)n2n1. The van der Waals surface area contributed by atoms with Gasteiger partial charge < -0.3 is 4.90 Å². The van der Waals surface area contributed by atoms with Gasteiger partial charge in [0.05, 0.1) is 17.1 Å². The molecule has 0 radical (unpaired) electrons. The third kappa shape index (κ3) is 3.33. The maximum absolute atomic E-state index is 13.2. The highest BCUT2D eigenvalue weighted by atomic mass is 19.4. The van der Waals surface area contributed by atoms with Crippen molar-refractivity contribution in [2.24, 2.45) is 0 Å². The van der Waals surface area contributed by atoms with Gasteiger partial charge in [-0.15, -0.1) is 15.3 Å². The topological polar surface area (TPSA) is 64.1 Å². The zero-order chi connectivity index (χ0) is 22.5. The molecule has 1 atom stereocenters. The molecule has 2 aromatic carbocycles. The van der Waals surface area contributed by atoms with Crippen LogP contribution in [0.25, 0.3) is 22.4 Å². The Labute approximate surface area is 180 Å². The zero-order valence-corrected chi connectivity index (χ0v) is 17.2. The summed E-state index contributed by atoms with van der Waals surface area (Å²) in [7, 11) is 1.79. The molecule has 3 aromatic heterocycles. The van der Waals surface area contributed by atoms with E-state index in [1.165, 1.54) is 6.07 Å². The molecule has 0 aliphatic rings. The first-order chi connectivity index (χ1) is 15.3. The number of fused-ring (bicyclic) bond motifs is 2. The first-order valence-electron chi connectivity index (χ1n) is 9.88. The fraction of sp³-hybridized carbons (Fsp3) is 0.182. The van der Waals surface area contributed by atoms with Crippen LogP contribution in [0.4, 0.5) is 19.0 Å². The van der Waals surface area contributed by atoms with Crippen LogP contribution < -0.4 is 4.90 Å². The number of halogens is 3. The van der Waals surface area contributed by atoms with Gasteiger partial charge in [-0.3, -0.25) is 4.57 Å². The quantitative estimate of drug-likeness (QED) is 0.409. The number of hydrogen-bond acceptors (Lipinski definition) is 5. The van der Waals surface area contributed by atoms with Crippen molar-refractivity contribution in [1.29, 1.82) is 0 Å². The van der Waals surface area contributed by atoms with E-state index >= 15 is 0 Å². The molecule has 0 aliphatic heterocycles. The number of benzene rings is 2. The van der Waals surface area contributed by atoms with E-state index in [0.717, 1.165) is 26.8 Å². The second kappa shape index (κ2) is 7.33. The largest absolute Gasteiger partial charge is 0.453 e. The first-order valence-corrected chi connectivity index (χ1v) is 9.88. The van der Waals surface area contributed by atoms with Gasteiger partial charge in [0.25, 0.3) is 5.82 Å². The molecule has 5 aromatic rings. The third-order valence-electron chi connectivity index (χ3n) is 5.55. The van der Waals surface area contributed by atoms with Crippen molar-refractivity contribution in [3.8, 4) is 5.69 Å². The lowest BCUT2D eigenvalue weighted by molar-refractivity contribution is -0.146. The van der Waals surface area contributed by atoms with Crippen LogP contribution in [-0.2, 0) is 6.18 Å². The number of imidazole rings is 1. The van der Waals surface area contributed by atoms with Crippen molar-refractivity contribution in [3.63, 3.8) is 0 Å². The average Bonchev–Trinajstić information content (AvgIpc) is 3.42.